The molecule has 0 heterocycles. The van der Waals surface area contributed by atoms with Gasteiger partial charge in [-0.3, -0.25) is 9.59 Å². The van der Waals surface area contributed by atoms with Crippen LogP contribution < -0.4 is 10.1 Å². The van der Waals surface area contributed by atoms with Gasteiger partial charge in [-0.05, 0) is 51.2 Å². The number of carbonyl (C=O) groups is 2. The Morgan fingerprint density at radius 3 is 2.15 bits per heavy atom. The molecule has 0 radical (unpaired) electrons. The fraction of sp³-hybridized carbons (Fsp3) is 0.259. The van der Waals surface area contributed by atoms with Crippen molar-refractivity contribution in [2.75, 3.05) is 13.7 Å². The zero-order valence-corrected chi connectivity index (χ0v) is 20.5. The van der Waals surface area contributed by atoms with Gasteiger partial charge in [0.1, 0.15) is 11.8 Å². The van der Waals surface area contributed by atoms with Gasteiger partial charge in [-0.15, -0.1) is 0 Å². The molecule has 0 aromatic heterocycles. The number of likely N-dealkylation sites (N-methyl/N-ethyl adjacent to an activating group) is 1. The Bertz CT molecular complexity index is 1060. The number of amides is 2. The fourth-order valence-electron chi connectivity index (χ4n) is 3.60. The predicted molar refractivity (Wildman–Crippen MR) is 134 cm³/mol. The quantitative estimate of drug-likeness (QED) is 0.428. The Kier molecular flexibility index (Phi) is 9.07. The average molecular weight is 509 g/mol. The monoisotopic (exact) mass is 508 g/mol. The van der Waals surface area contributed by atoms with E-state index in [1.54, 1.807) is 11.9 Å². The van der Waals surface area contributed by atoms with E-state index < -0.39 is 6.04 Å². The summed E-state index contributed by atoms with van der Waals surface area (Å²) in [6, 6.07) is 24.6. The summed E-state index contributed by atoms with van der Waals surface area (Å²) in [5.41, 5.74) is 3.10. The molecule has 1 N–H and O–H groups in total. The molecule has 33 heavy (non-hydrogen) atoms. The zero-order chi connectivity index (χ0) is 23.6. The number of halogens is 1. The van der Waals surface area contributed by atoms with Gasteiger partial charge in [0, 0.05) is 20.0 Å². The number of rotatable bonds is 10. The van der Waals surface area contributed by atoms with Crippen LogP contribution in [0.4, 0.5) is 0 Å². The molecule has 0 saturated heterocycles. The first-order chi connectivity index (χ1) is 16.0. The van der Waals surface area contributed by atoms with Crippen LogP contribution in [0.1, 0.15) is 23.6 Å². The number of nitrogens with zero attached hydrogens (tertiary/aromatic N) is 1. The van der Waals surface area contributed by atoms with Crippen molar-refractivity contribution in [3.8, 4) is 5.75 Å². The smallest absolute Gasteiger partial charge is 0.261 e. The van der Waals surface area contributed by atoms with Gasteiger partial charge < -0.3 is 15.0 Å². The van der Waals surface area contributed by atoms with Crippen molar-refractivity contribution in [3.63, 3.8) is 0 Å². The maximum absolute atomic E-state index is 13.4. The summed E-state index contributed by atoms with van der Waals surface area (Å²) in [7, 11) is 1.59. The van der Waals surface area contributed by atoms with Gasteiger partial charge in [0.15, 0.2) is 6.61 Å². The summed E-state index contributed by atoms with van der Waals surface area (Å²) in [6.45, 7) is 2.22. The highest BCUT2D eigenvalue weighted by Gasteiger charge is 2.30. The van der Waals surface area contributed by atoms with Crippen LogP contribution in [0, 0.1) is 0 Å². The van der Waals surface area contributed by atoms with Crippen molar-refractivity contribution in [2.24, 2.45) is 0 Å². The highest BCUT2D eigenvalue weighted by molar-refractivity contribution is 9.10. The van der Waals surface area contributed by atoms with Crippen molar-refractivity contribution in [1.29, 1.82) is 0 Å². The molecule has 0 spiro atoms. The Hall–Kier alpha value is -3.12. The average Bonchev–Trinajstić information content (AvgIpc) is 2.85. The first-order valence-electron chi connectivity index (χ1n) is 11.0. The van der Waals surface area contributed by atoms with Crippen molar-refractivity contribution in [1.82, 2.24) is 10.2 Å². The normalized spacial score (nSPS) is 11.5. The zero-order valence-electron chi connectivity index (χ0n) is 19.0. The molecule has 3 aromatic rings. The lowest BCUT2D eigenvalue weighted by atomic mass is 10.0. The molecule has 0 bridgehead atoms. The summed E-state index contributed by atoms with van der Waals surface area (Å²) in [4.78, 5) is 27.9. The standard InChI is InChI=1S/C27H29BrN2O3/c1-3-20-14-15-25(23(28)16-20)33-19-26(31)30(18-22-12-8-5-9-13-22)24(27(32)29-2)17-21-10-6-4-7-11-21/h4-16,24H,3,17-19H2,1-2H3,(H,29,32)/t24-/m1/s1. The second-order valence-corrected chi connectivity index (χ2v) is 8.59. The van der Waals surface area contributed by atoms with E-state index in [0.717, 1.165) is 22.0 Å². The summed E-state index contributed by atoms with van der Waals surface area (Å²) < 4.78 is 6.66. The van der Waals surface area contributed by atoms with Crippen LogP contribution in [0.5, 0.6) is 5.75 Å². The Balaban J connectivity index is 1.85. The van der Waals surface area contributed by atoms with Crippen LogP contribution in [-0.4, -0.2) is 36.4 Å². The van der Waals surface area contributed by atoms with Crippen LogP contribution in [-0.2, 0) is 29.0 Å². The molecule has 0 aliphatic carbocycles. The van der Waals surface area contributed by atoms with E-state index in [2.05, 4.69) is 28.2 Å². The van der Waals surface area contributed by atoms with Gasteiger partial charge >= 0.3 is 0 Å². The van der Waals surface area contributed by atoms with Gasteiger partial charge in [0.25, 0.3) is 5.91 Å². The first kappa shape index (κ1) is 24.5. The van der Waals surface area contributed by atoms with Crippen LogP contribution in [0.2, 0.25) is 0 Å². The summed E-state index contributed by atoms with van der Waals surface area (Å²) in [6.07, 6.45) is 1.32. The number of hydrogen-bond acceptors (Lipinski definition) is 3. The largest absolute Gasteiger partial charge is 0.483 e. The minimum atomic E-state index is -0.667. The third-order valence-electron chi connectivity index (χ3n) is 5.47. The molecule has 3 aromatic carbocycles. The number of nitrogens with one attached hydrogen (secondary N) is 1. The fourth-order valence-corrected chi connectivity index (χ4v) is 4.15. The van der Waals surface area contributed by atoms with Gasteiger partial charge in [-0.2, -0.15) is 0 Å². The highest BCUT2D eigenvalue weighted by atomic mass is 79.9. The molecule has 5 nitrogen and oxygen atoms in total. The van der Waals surface area contributed by atoms with E-state index in [-0.39, 0.29) is 18.4 Å². The second kappa shape index (κ2) is 12.2. The topological polar surface area (TPSA) is 58.6 Å². The van der Waals surface area contributed by atoms with Crippen molar-refractivity contribution >= 4 is 27.7 Å². The SMILES string of the molecule is CCc1ccc(OCC(=O)N(Cc2ccccc2)[C@H](Cc2ccccc2)C(=O)NC)c(Br)c1. The maximum atomic E-state index is 13.4. The molecule has 0 aliphatic heterocycles. The lowest BCUT2D eigenvalue weighted by Gasteiger charge is -2.31. The molecular weight excluding hydrogens is 480 g/mol. The minimum Gasteiger partial charge on any atom is -0.483 e. The third-order valence-corrected chi connectivity index (χ3v) is 6.09. The van der Waals surface area contributed by atoms with Crippen LogP contribution >= 0.6 is 15.9 Å². The van der Waals surface area contributed by atoms with Gasteiger partial charge in [-0.25, -0.2) is 0 Å². The van der Waals surface area contributed by atoms with Crippen molar-refractivity contribution < 1.29 is 14.3 Å². The Morgan fingerprint density at radius 1 is 0.939 bits per heavy atom. The van der Waals surface area contributed by atoms with Gasteiger partial charge in [-0.1, -0.05) is 73.7 Å². The third kappa shape index (κ3) is 6.93. The van der Waals surface area contributed by atoms with E-state index in [1.165, 1.54) is 5.56 Å². The number of benzene rings is 3. The Labute approximate surface area is 203 Å². The summed E-state index contributed by atoms with van der Waals surface area (Å²) >= 11 is 3.52. The van der Waals surface area contributed by atoms with Crippen molar-refractivity contribution in [2.45, 2.75) is 32.4 Å². The van der Waals surface area contributed by atoms with E-state index in [0.29, 0.717) is 18.7 Å². The van der Waals surface area contributed by atoms with Crippen LogP contribution in [0.25, 0.3) is 0 Å². The van der Waals surface area contributed by atoms with Crippen LogP contribution in [0.15, 0.2) is 83.3 Å². The molecule has 2 amide bonds. The molecule has 172 valence electrons. The van der Waals surface area contributed by atoms with Crippen molar-refractivity contribution in [3.05, 3.63) is 100 Å². The molecule has 6 heteroatoms. The molecule has 0 unspecified atom stereocenters. The number of hydrogen-bond donors (Lipinski definition) is 1. The number of ether oxygens (including phenoxy) is 1. The highest BCUT2D eigenvalue weighted by Crippen LogP contribution is 2.26. The molecule has 0 fully saturated rings. The van der Waals surface area contributed by atoms with E-state index >= 15 is 0 Å². The molecule has 3 rings (SSSR count). The Morgan fingerprint density at radius 2 is 1.58 bits per heavy atom. The van der Waals surface area contributed by atoms with Gasteiger partial charge in [0.05, 0.1) is 4.47 Å². The maximum Gasteiger partial charge on any atom is 0.261 e. The van der Waals surface area contributed by atoms with E-state index in [1.807, 2.05) is 78.9 Å². The molecule has 0 saturated carbocycles. The predicted octanol–water partition coefficient (Wildman–Crippen LogP) is 4.78. The van der Waals surface area contributed by atoms with E-state index in [4.69, 9.17) is 4.74 Å². The van der Waals surface area contributed by atoms with E-state index in [9.17, 15) is 9.59 Å². The summed E-state index contributed by atoms with van der Waals surface area (Å²) in [5, 5.41) is 2.72. The number of aryl methyl sites for hydroxylation is 1. The lowest BCUT2D eigenvalue weighted by Crippen LogP contribution is -2.51. The lowest BCUT2D eigenvalue weighted by molar-refractivity contribution is -0.142. The van der Waals surface area contributed by atoms with Crippen LogP contribution in [0.3, 0.4) is 0 Å². The summed E-state index contributed by atoms with van der Waals surface area (Å²) in [5.74, 6) is 0.131. The minimum absolute atomic E-state index is 0.167. The molecule has 0 aliphatic rings. The molecule has 1 atom stereocenters. The first-order valence-corrected chi connectivity index (χ1v) is 11.8. The molecular formula is C27H29BrN2O3. The van der Waals surface area contributed by atoms with Gasteiger partial charge in [0.2, 0.25) is 5.91 Å². The second-order valence-electron chi connectivity index (χ2n) is 7.73. The number of carbonyl (C=O) groups excluding carboxylic acids is 2.